The fourth-order valence-corrected chi connectivity index (χ4v) is 3.23. The lowest BCUT2D eigenvalue weighted by atomic mass is 10.2. The molecule has 0 bridgehead atoms. The van der Waals surface area contributed by atoms with E-state index in [4.69, 9.17) is 10.5 Å². The first-order valence-corrected chi connectivity index (χ1v) is 9.79. The van der Waals surface area contributed by atoms with Gasteiger partial charge in [0.15, 0.2) is 0 Å². The Morgan fingerprint density at radius 2 is 1.85 bits per heavy atom. The van der Waals surface area contributed by atoms with Gasteiger partial charge in [0.2, 0.25) is 0 Å². The van der Waals surface area contributed by atoms with Crippen LogP contribution in [0.5, 0.6) is 0 Å². The molecule has 0 spiro atoms. The molecule has 1 aromatic heterocycles. The smallest absolute Gasteiger partial charge is 0.338 e. The van der Waals surface area contributed by atoms with Crippen LogP contribution in [0.1, 0.15) is 22.8 Å². The Morgan fingerprint density at radius 3 is 2.41 bits per heavy atom. The lowest BCUT2D eigenvalue weighted by Gasteiger charge is -2.05. The van der Waals surface area contributed by atoms with Crippen molar-refractivity contribution in [3.63, 3.8) is 0 Å². The molecule has 0 saturated carbocycles. The molecule has 3 rings (SSSR count). The number of carbonyl (C=O) groups is 1. The number of carbonyl (C=O) groups excluding carboxylic acids is 1. The maximum atomic E-state index is 11.4. The van der Waals surface area contributed by atoms with Gasteiger partial charge in [0.05, 0.1) is 30.6 Å². The second kappa shape index (κ2) is 10.7. The van der Waals surface area contributed by atoms with E-state index >= 15 is 0 Å². The lowest BCUT2D eigenvalue weighted by molar-refractivity contribution is 0.0526. The Hall–Kier alpha value is -2.32. The normalized spacial score (nSPS) is 9.89. The van der Waals surface area contributed by atoms with Crippen LogP contribution in [0.2, 0.25) is 0 Å². The zero-order valence-electron chi connectivity index (χ0n) is 14.7. The summed E-state index contributed by atoms with van der Waals surface area (Å²) < 4.78 is 6.21. The summed E-state index contributed by atoms with van der Waals surface area (Å²) >= 11 is 6.51. The molecule has 27 heavy (non-hydrogen) atoms. The number of nitrogens with two attached hydrogens (primary N) is 1. The van der Waals surface area contributed by atoms with Crippen molar-refractivity contribution in [1.29, 1.82) is 0 Å². The van der Waals surface area contributed by atoms with Crippen LogP contribution in [0, 0.1) is 0 Å². The molecule has 0 unspecified atom stereocenters. The number of nitrogens with zero attached hydrogens (tertiary/aromatic N) is 2. The molecule has 0 amide bonds. The van der Waals surface area contributed by atoms with Crippen LogP contribution >= 0.6 is 31.9 Å². The zero-order valence-corrected chi connectivity index (χ0v) is 17.9. The van der Waals surface area contributed by atoms with Gasteiger partial charge in [-0.3, -0.25) is 0 Å². The highest BCUT2D eigenvalue weighted by Gasteiger charge is 2.11. The number of hydrogen-bond donors (Lipinski definition) is 2. The van der Waals surface area contributed by atoms with Crippen LogP contribution in [0.4, 0.5) is 5.69 Å². The number of anilines is 1. The molecule has 0 aliphatic heterocycles. The van der Waals surface area contributed by atoms with Crippen molar-refractivity contribution in [2.75, 3.05) is 17.8 Å². The van der Waals surface area contributed by atoms with E-state index in [0.717, 1.165) is 6.54 Å². The van der Waals surface area contributed by atoms with Gasteiger partial charge in [-0.1, -0.05) is 30.3 Å². The van der Waals surface area contributed by atoms with E-state index in [0.29, 0.717) is 26.8 Å². The minimum absolute atomic E-state index is 0.353. The molecule has 0 aliphatic rings. The van der Waals surface area contributed by atoms with Crippen molar-refractivity contribution in [3.05, 3.63) is 81.0 Å². The molecule has 0 fully saturated rings. The van der Waals surface area contributed by atoms with Gasteiger partial charge in [-0.05, 0) is 62.5 Å². The standard InChI is InChI=1S/C10H11N3.C9H9Br2NO2/c1-2-5-10(6-3-1)9-12-13-8-4-7-11-13;1-2-14-9(13)5-3-6(10)8(12)7(11)4-5/h1-8,12H,9H2;3-4H,2,12H2,1H3. The van der Waals surface area contributed by atoms with Crippen LogP contribution in [-0.2, 0) is 11.3 Å². The Kier molecular flexibility index (Phi) is 8.35. The third kappa shape index (κ3) is 6.73. The molecule has 0 aliphatic carbocycles. The summed E-state index contributed by atoms with van der Waals surface area (Å²) in [6.07, 6.45) is 3.63. The van der Waals surface area contributed by atoms with Gasteiger partial charge in [0.25, 0.3) is 0 Å². The summed E-state index contributed by atoms with van der Waals surface area (Å²) in [7, 11) is 0. The zero-order chi connectivity index (χ0) is 19.6. The topological polar surface area (TPSA) is 82.2 Å². The van der Waals surface area contributed by atoms with E-state index in [2.05, 4.69) is 54.5 Å². The maximum absolute atomic E-state index is 11.4. The molecule has 0 atom stereocenters. The monoisotopic (exact) mass is 494 g/mol. The van der Waals surface area contributed by atoms with Gasteiger partial charge in [0.1, 0.15) is 0 Å². The van der Waals surface area contributed by atoms with E-state index in [9.17, 15) is 4.79 Å². The third-order valence-electron chi connectivity index (χ3n) is 3.38. The van der Waals surface area contributed by atoms with Gasteiger partial charge in [-0.25, -0.2) is 4.79 Å². The predicted molar refractivity (Wildman–Crippen MR) is 114 cm³/mol. The van der Waals surface area contributed by atoms with Gasteiger partial charge in [-0.2, -0.15) is 9.89 Å². The first kappa shape index (κ1) is 21.0. The summed E-state index contributed by atoms with van der Waals surface area (Å²) in [6, 6.07) is 15.4. The molecule has 3 N–H and O–H groups in total. The molecule has 0 radical (unpaired) electrons. The highest BCUT2D eigenvalue weighted by atomic mass is 79.9. The first-order valence-electron chi connectivity index (χ1n) is 8.20. The molecule has 3 aromatic rings. The molecule has 6 nitrogen and oxygen atoms in total. The highest BCUT2D eigenvalue weighted by molar-refractivity contribution is 9.11. The van der Waals surface area contributed by atoms with Gasteiger partial charge >= 0.3 is 5.97 Å². The summed E-state index contributed by atoms with van der Waals surface area (Å²) in [6.45, 7) is 2.92. The molecule has 8 heteroatoms. The summed E-state index contributed by atoms with van der Waals surface area (Å²) in [5.74, 6) is -0.353. The number of nitrogen functional groups attached to an aromatic ring is 1. The SMILES string of the molecule is CCOC(=O)c1cc(Br)c(N)c(Br)c1.c1ccc(CNn2cccn2)cc1. The Bertz CT molecular complexity index is 832. The van der Waals surface area contributed by atoms with E-state index < -0.39 is 0 Å². The fourth-order valence-electron chi connectivity index (χ4n) is 2.05. The largest absolute Gasteiger partial charge is 0.462 e. The van der Waals surface area contributed by atoms with Gasteiger partial charge < -0.3 is 15.9 Å². The number of esters is 1. The number of ether oxygens (including phenoxy) is 1. The van der Waals surface area contributed by atoms with Crippen molar-refractivity contribution >= 4 is 43.5 Å². The molecule has 0 saturated heterocycles. The molecular formula is C19H20Br2N4O2. The predicted octanol–water partition coefficient (Wildman–Crippen LogP) is 4.60. The average molecular weight is 496 g/mol. The number of benzene rings is 2. The highest BCUT2D eigenvalue weighted by Crippen LogP contribution is 2.29. The van der Waals surface area contributed by atoms with E-state index in [1.807, 2.05) is 30.5 Å². The maximum Gasteiger partial charge on any atom is 0.338 e. The number of nitrogens with one attached hydrogen (secondary N) is 1. The first-order chi connectivity index (χ1) is 13.0. The summed E-state index contributed by atoms with van der Waals surface area (Å²) in [5.41, 5.74) is 11.1. The van der Waals surface area contributed by atoms with E-state index in [-0.39, 0.29) is 5.97 Å². The molecular weight excluding hydrogens is 476 g/mol. The van der Waals surface area contributed by atoms with Crippen LogP contribution in [0.15, 0.2) is 69.9 Å². The second-order valence-electron chi connectivity index (χ2n) is 5.35. The van der Waals surface area contributed by atoms with E-state index in [1.165, 1.54) is 5.56 Å². The third-order valence-corrected chi connectivity index (χ3v) is 4.69. The van der Waals surface area contributed by atoms with Crippen molar-refractivity contribution in [2.24, 2.45) is 0 Å². The summed E-state index contributed by atoms with van der Waals surface area (Å²) in [4.78, 5) is 13.1. The molecule has 142 valence electrons. The Balaban J connectivity index is 0.000000194. The van der Waals surface area contributed by atoms with Crippen molar-refractivity contribution < 1.29 is 9.53 Å². The number of halogens is 2. The quantitative estimate of drug-likeness (QED) is 0.399. The second-order valence-corrected chi connectivity index (χ2v) is 7.05. The number of rotatable bonds is 5. The molecule has 1 heterocycles. The molecule has 2 aromatic carbocycles. The average Bonchev–Trinajstić information content (AvgIpc) is 3.19. The minimum atomic E-state index is -0.353. The number of hydrogen-bond acceptors (Lipinski definition) is 5. The lowest BCUT2D eigenvalue weighted by Crippen LogP contribution is -2.14. The van der Waals surface area contributed by atoms with Crippen LogP contribution in [0.25, 0.3) is 0 Å². The van der Waals surface area contributed by atoms with Crippen LogP contribution < -0.4 is 11.2 Å². The van der Waals surface area contributed by atoms with Crippen molar-refractivity contribution in [3.8, 4) is 0 Å². The van der Waals surface area contributed by atoms with Crippen molar-refractivity contribution in [2.45, 2.75) is 13.5 Å². The summed E-state index contributed by atoms with van der Waals surface area (Å²) in [5, 5.41) is 4.04. The Morgan fingerprint density at radius 1 is 1.19 bits per heavy atom. The van der Waals surface area contributed by atoms with Crippen molar-refractivity contribution in [1.82, 2.24) is 9.89 Å². The van der Waals surface area contributed by atoms with E-state index in [1.54, 1.807) is 30.0 Å². The van der Waals surface area contributed by atoms with Gasteiger partial charge in [0, 0.05) is 15.1 Å². The van der Waals surface area contributed by atoms with Crippen LogP contribution in [0.3, 0.4) is 0 Å². The van der Waals surface area contributed by atoms with Crippen LogP contribution in [-0.4, -0.2) is 22.5 Å². The Labute approximate surface area is 174 Å². The number of aromatic nitrogens is 2. The van der Waals surface area contributed by atoms with Gasteiger partial charge in [-0.15, -0.1) is 0 Å². The minimum Gasteiger partial charge on any atom is -0.462 e. The fraction of sp³-hybridized carbons (Fsp3) is 0.158.